The van der Waals surface area contributed by atoms with Gasteiger partial charge in [-0.05, 0) is 171 Å². The second kappa shape index (κ2) is 32.3. The highest BCUT2D eigenvalue weighted by Gasteiger charge is 2.66. The fourth-order valence-corrected chi connectivity index (χ4v) is 18.7. The maximum absolute atomic E-state index is 14.2. The maximum Gasteiger partial charge on any atom is 0.410 e. The fraction of sp³-hybridized carbons (Fsp3) is 0.436. The highest BCUT2D eigenvalue weighted by molar-refractivity contribution is 7.85. The number of rotatable bonds is 32. The lowest BCUT2D eigenvalue weighted by Crippen LogP contribution is -2.64. The van der Waals surface area contributed by atoms with Gasteiger partial charge in [0.2, 0.25) is 17.7 Å². The van der Waals surface area contributed by atoms with Crippen LogP contribution in [-0.4, -0.2) is 170 Å². The van der Waals surface area contributed by atoms with Gasteiger partial charge in [0.25, 0.3) is 27.8 Å². The number of aromatic carboxylic acids is 1. The van der Waals surface area contributed by atoms with Crippen LogP contribution in [0.15, 0.2) is 121 Å². The van der Waals surface area contributed by atoms with E-state index in [4.69, 9.17) is 30.0 Å². The van der Waals surface area contributed by atoms with Crippen molar-refractivity contribution in [1.82, 2.24) is 45.5 Å². The van der Waals surface area contributed by atoms with Crippen molar-refractivity contribution >= 4 is 102 Å². The van der Waals surface area contributed by atoms with Gasteiger partial charge in [-0.2, -0.15) is 13.5 Å². The number of primary amides is 1. The molecule has 9 amide bonds. The molecule has 4 bridgehead atoms. The van der Waals surface area contributed by atoms with Gasteiger partial charge >= 0.3 is 18.1 Å². The molecule has 4 aromatic carbocycles. The van der Waals surface area contributed by atoms with Gasteiger partial charge in [0.15, 0.2) is 10.8 Å². The number of para-hydroxylation sites is 1. The third kappa shape index (κ3) is 18.4. The van der Waals surface area contributed by atoms with E-state index in [1.807, 2.05) is 65.9 Å². The fourth-order valence-electron chi connectivity index (χ4n) is 17.4. The second-order valence-electron chi connectivity index (χ2n) is 30.4. The van der Waals surface area contributed by atoms with Gasteiger partial charge in [-0.25, -0.2) is 24.4 Å². The number of nitrogens with zero attached hydrogens (tertiary/aromatic N) is 7. The van der Waals surface area contributed by atoms with E-state index in [2.05, 4.69) is 45.4 Å². The molecule has 0 radical (unpaired) electrons. The van der Waals surface area contributed by atoms with E-state index in [1.54, 1.807) is 68.6 Å². The topological polar surface area (TPSA) is 395 Å². The van der Waals surface area contributed by atoms with Crippen molar-refractivity contribution in [2.45, 2.75) is 149 Å². The summed E-state index contributed by atoms with van der Waals surface area (Å²) in [6.07, 6.45) is 8.54. The molecule has 576 valence electrons. The Hall–Kier alpha value is -10.6. The monoisotopic (exact) mass is 1530 g/mol. The summed E-state index contributed by atoms with van der Waals surface area (Å²) in [6, 6.07) is 25.3. The number of ether oxygens (including phenoxy) is 3. The summed E-state index contributed by atoms with van der Waals surface area (Å²) in [4.78, 5) is 134. The number of hydrogen-bond acceptors (Lipinski definition) is 19. The zero-order valence-corrected chi connectivity index (χ0v) is 63.3. The lowest BCUT2D eigenvalue weighted by molar-refractivity contribution is -0.248. The van der Waals surface area contributed by atoms with Crippen LogP contribution in [-0.2, 0) is 76.1 Å². The molecule has 3 aromatic heterocycles. The van der Waals surface area contributed by atoms with Gasteiger partial charge in [-0.3, -0.25) is 48.2 Å². The average molecular weight is 1530 g/mol. The lowest BCUT2D eigenvalue weighted by Gasteiger charge is -2.69. The molecule has 109 heavy (non-hydrogen) atoms. The molecule has 4 fully saturated rings. The van der Waals surface area contributed by atoms with Crippen LogP contribution in [0.3, 0.4) is 0 Å². The first-order chi connectivity index (χ1) is 51.9. The summed E-state index contributed by atoms with van der Waals surface area (Å²) >= 11 is 1.40. The number of amides is 9. The number of aromatic nitrogens is 4. The van der Waals surface area contributed by atoms with Crippen molar-refractivity contribution in [2.24, 2.45) is 27.9 Å². The van der Waals surface area contributed by atoms with Crippen LogP contribution in [0.25, 0.3) is 21.3 Å². The molecule has 7 aromatic rings. The van der Waals surface area contributed by atoms with E-state index in [1.165, 1.54) is 28.4 Å². The number of nitrogens with one attached hydrogen (secondary N) is 5. The summed E-state index contributed by atoms with van der Waals surface area (Å²) in [5, 5.41) is 29.9. The Labute approximate surface area is 634 Å². The van der Waals surface area contributed by atoms with Crippen molar-refractivity contribution in [2.75, 3.05) is 60.7 Å². The third-order valence-electron chi connectivity index (χ3n) is 21.2. The second-order valence-corrected chi connectivity index (χ2v) is 33.0. The average Bonchev–Trinajstić information content (AvgIpc) is 0.747. The highest BCUT2D eigenvalue weighted by Crippen LogP contribution is 2.72. The molecule has 13 rings (SSSR count). The third-order valence-corrected chi connectivity index (χ3v) is 22.8. The standard InChI is InChI=1S/C78H91N13O16S2/c1-7-105-53-23-19-49(20-24-53)36-60(91-63(92)27-28-64(91)93)69(96)86-65(47(2)3)70(97)83-59(15-11-30-80-72(79)100)68(95)82-52-21-17-50(18-22-52)39-106-74(101)88(33-35-109(102,103)104)32-34-107-78-43-75(5)40-76(6,44-78)42-77(41-75,45-78)46-90-48(4)56(37-81-90)54-25-26-62(85-66(54)71(98)99)89-31-29-51-12-10-13-55(57(51)38-89)67(94)87-73-84-58-14-8-9-16-61(58)108-73/h8-10,12-14,16-28,37,47,59-60,65H,7,11,15,29-36,38-46H2,1-6H3,(H,82,95)(H,83,97)(H,86,96)(H,98,99)(H3,79,80,100)(H,84,87,94)(H,102,103,104)/t59-,60-,65-,75?,76?,77?,78?/m0/s1. The molecule has 0 saturated heterocycles. The maximum atomic E-state index is 14.2. The number of hydrogen-bond donors (Lipinski definition) is 8. The Kier molecular flexibility index (Phi) is 23.1. The predicted octanol–water partition coefficient (Wildman–Crippen LogP) is 8.99. The molecule has 4 aliphatic carbocycles. The van der Waals surface area contributed by atoms with Crippen molar-refractivity contribution in [3.8, 4) is 16.9 Å². The summed E-state index contributed by atoms with van der Waals surface area (Å²) in [5.74, 6) is -5.42. The molecule has 6 aliphatic rings. The Bertz CT molecular complexity index is 4740. The molecule has 5 heterocycles. The van der Waals surface area contributed by atoms with Crippen LogP contribution < -0.4 is 42.0 Å². The van der Waals surface area contributed by atoms with E-state index in [0.29, 0.717) is 83.6 Å². The lowest BCUT2D eigenvalue weighted by atomic mass is 9.39. The first-order valence-corrected chi connectivity index (χ1v) is 38.9. The van der Waals surface area contributed by atoms with E-state index in [0.717, 1.165) is 76.2 Å². The zero-order chi connectivity index (χ0) is 77.7. The number of anilines is 3. The van der Waals surface area contributed by atoms with Crippen LogP contribution in [0.5, 0.6) is 5.75 Å². The molecule has 0 spiro atoms. The molecule has 4 saturated carbocycles. The first-order valence-electron chi connectivity index (χ1n) is 36.5. The number of nitrogens with two attached hydrogens (primary N) is 1. The highest BCUT2D eigenvalue weighted by atomic mass is 32.2. The SMILES string of the molecule is CCOc1ccc(C[C@@H](C(=O)N[C@H](C(=O)N[C@@H](CCCNC(N)=O)C(=O)Nc2ccc(COC(=O)N(CCOC34CC5(C)CC(C)(CC(Cn6ncc(-c7ccc(N8CCc9cccc(C(=O)Nc%10nc%11ccccc%11s%10)c9C8)nc7C(=O)O)c6C)(C5)C3)C4)CCS(=O)(=O)O)cc2)C(C)C)N2C(=O)C=CC2=O)cc1. The van der Waals surface area contributed by atoms with Gasteiger partial charge in [0, 0.05) is 85.9 Å². The predicted molar refractivity (Wildman–Crippen MR) is 406 cm³/mol. The summed E-state index contributed by atoms with van der Waals surface area (Å²) < 4.78 is 55.4. The van der Waals surface area contributed by atoms with E-state index in [9.17, 15) is 61.2 Å². The van der Waals surface area contributed by atoms with Crippen LogP contribution in [0, 0.1) is 29.1 Å². The number of carbonyl (C=O) groups excluding carboxylic acids is 8. The smallest absolute Gasteiger partial charge is 0.410 e. The van der Waals surface area contributed by atoms with Crippen molar-refractivity contribution in [1.29, 1.82) is 0 Å². The molecule has 5 atom stereocenters. The Balaban J connectivity index is 0.672. The van der Waals surface area contributed by atoms with Crippen molar-refractivity contribution in [3.63, 3.8) is 0 Å². The Morgan fingerprint density at radius 1 is 0.789 bits per heavy atom. The minimum atomic E-state index is -4.53. The number of carbonyl (C=O) groups is 9. The van der Waals surface area contributed by atoms with E-state index >= 15 is 0 Å². The van der Waals surface area contributed by atoms with Crippen LogP contribution >= 0.6 is 11.3 Å². The molecule has 29 nitrogen and oxygen atoms in total. The van der Waals surface area contributed by atoms with Gasteiger partial charge in [-0.1, -0.05) is 87.6 Å². The van der Waals surface area contributed by atoms with E-state index < -0.39 is 99.7 Å². The number of imide groups is 1. The Morgan fingerprint density at radius 3 is 2.18 bits per heavy atom. The zero-order valence-electron chi connectivity index (χ0n) is 61.6. The number of carboxylic acids is 1. The molecular weight excluding hydrogens is 1440 g/mol. The minimum absolute atomic E-state index is 0.00540. The molecular formula is C78H91N13O16S2. The van der Waals surface area contributed by atoms with Gasteiger partial charge in [0.05, 0.1) is 41.0 Å². The molecule has 31 heteroatoms. The summed E-state index contributed by atoms with van der Waals surface area (Å²) in [7, 11) is -4.53. The number of fused-ring (bicyclic) bond motifs is 2. The summed E-state index contributed by atoms with van der Waals surface area (Å²) in [5.41, 5.74) is 10.3. The Morgan fingerprint density at radius 2 is 1.50 bits per heavy atom. The largest absolute Gasteiger partial charge is 0.494 e. The van der Waals surface area contributed by atoms with Crippen molar-refractivity contribution < 1.29 is 75.4 Å². The quantitative estimate of drug-likeness (QED) is 0.0111. The molecule has 9 N–H and O–H groups in total. The number of benzene rings is 4. The summed E-state index contributed by atoms with van der Waals surface area (Å²) in [6.45, 7) is 12.8. The van der Waals surface area contributed by atoms with Gasteiger partial charge < -0.3 is 56.1 Å². The number of thiazole rings is 1. The number of carboxylic acid groups (broad SMARTS) is 1. The van der Waals surface area contributed by atoms with Crippen LogP contribution in [0.1, 0.15) is 135 Å². The number of urea groups is 1. The van der Waals surface area contributed by atoms with Crippen LogP contribution in [0.2, 0.25) is 0 Å². The molecule has 2 aliphatic heterocycles. The minimum Gasteiger partial charge on any atom is -0.494 e. The normalized spacial score (nSPS) is 20.7. The first kappa shape index (κ1) is 78.0. The van der Waals surface area contributed by atoms with Gasteiger partial charge in [0.1, 0.15) is 36.3 Å². The van der Waals surface area contributed by atoms with Crippen molar-refractivity contribution in [3.05, 3.63) is 161 Å². The number of pyridine rings is 1. The van der Waals surface area contributed by atoms with E-state index in [-0.39, 0.29) is 79.1 Å². The van der Waals surface area contributed by atoms with Crippen LogP contribution in [0.4, 0.5) is 26.2 Å². The van der Waals surface area contributed by atoms with Gasteiger partial charge in [-0.15, -0.1) is 0 Å². The molecule has 2 unspecified atom stereocenters.